The Morgan fingerprint density at radius 1 is 1.31 bits per heavy atom. The molecule has 1 aliphatic rings. The van der Waals surface area contributed by atoms with Gasteiger partial charge < -0.3 is 24.8 Å². The highest BCUT2D eigenvalue weighted by Crippen LogP contribution is 2.31. The number of aliphatic hydroxyl groups is 1. The van der Waals surface area contributed by atoms with Crippen LogP contribution in [0.4, 0.5) is 5.82 Å². The van der Waals surface area contributed by atoms with Gasteiger partial charge in [0.2, 0.25) is 0 Å². The van der Waals surface area contributed by atoms with E-state index < -0.39 is 0 Å². The summed E-state index contributed by atoms with van der Waals surface area (Å²) in [6.07, 6.45) is 2.11. The molecule has 1 aromatic heterocycles. The Balaban J connectivity index is 1.46. The first-order valence-corrected chi connectivity index (χ1v) is 8.62. The maximum atomic E-state index is 12.2. The Hall–Kier alpha value is -2.80. The lowest BCUT2D eigenvalue weighted by atomic mass is 10.2. The third-order valence-electron chi connectivity index (χ3n) is 4.16. The van der Waals surface area contributed by atoms with Crippen molar-refractivity contribution < 1.29 is 19.4 Å². The molecule has 2 heterocycles. The maximum absolute atomic E-state index is 12.2. The summed E-state index contributed by atoms with van der Waals surface area (Å²) in [6, 6.07) is 11.1. The van der Waals surface area contributed by atoms with E-state index in [4.69, 9.17) is 14.6 Å². The van der Waals surface area contributed by atoms with Gasteiger partial charge in [-0.3, -0.25) is 4.79 Å². The Labute approximate surface area is 152 Å². The molecule has 7 nitrogen and oxygen atoms in total. The number of ether oxygens (including phenoxy) is 2. The van der Waals surface area contributed by atoms with E-state index in [-0.39, 0.29) is 18.6 Å². The topological polar surface area (TPSA) is 83.9 Å². The van der Waals surface area contributed by atoms with Crippen molar-refractivity contribution in [1.82, 2.24) is 10.3 Å². The van der Waals surface area contributed by atoms with Gasteiger partial charge in [0, 0.05) is 32.8 Å². The lowest BCUT2D eigenvalue weighted by Gasteiger charge is -2.26. The van der Waals surface area contributed by atoms with Crippen molar-refractivity contribution in [1.29, 1.82) is 0 Å². The summed E-state index contributed by atoms with van der Waals surface area (Å²) >= 11 is 0. The number of fused-ring (bicyclic) bond motifs is 1. The van der Waals surface area contributed by atoms with Crippen LogP contribution in [0.2, 0.25) is 0 Å². The average Bonchev–Trinajstić information content (AvgIpc) is 2.68. The summed E-state index contributed by atoms with van der Waals surface area (Å²) in [5, 5.41) is 11.8. The van der Waals surface area contributed by atoms with Crippen LogP contribution in [0, 0.1) is 0 Å². The minimum Gasteiger partial charge on any atom is -0.486 e. The van der Waals surface area contributed by atoms with E-state index in [1.54, 1.807) is 12.1 Å². The lowest BCUT2D eigenvalue weighted by molar-refractivity contribution is 0.0812. The fourth-order valence-electron chi connectivity index (χ4n) is 2.66. The number of benzene rings is 1. The molecule has 0 saturated carbocycles. The Kier molecular flexibility index (Phi) is 5.91. The molecule has 0 unspecified atom stereocenters. The van der Waals surface area contributed by atoms with Gasteiger partial charge in [0.15, 0.2) is 11.5 Å². The Morgan fingerprint density at radius 3 is 2.85 bits per heavy atom. The number of nitrogens with zero attached hydrogens (tertiary/aromatic N) is 2. The van der Waals surface area contributed by atoms with E-state index in [2.05, 4.69) is 10.3 Å². The van der Waals surface area contributed by atoms with Gasteiger partial charge in [0.25, 0.3) is 5.91 Å². The van der Waals surface area contributed by atoms with Crippen molar-refractivity contribution >= 4 is 11.7 Å². The zero-order valence-corrected chi connectivity index (χ0v) is 14.7. The SMILES string of the molecule is CN(CCO)c1ccc(C(=O)NCC[C@H]2COc3ccccc3O2)cn1. The molecular formula is C19H23N3O4. The van der Waals surface area contributed by atoms with Crippen molar-refractivity contribution in [3.63, 3.8) is 0 Å². The number of hydrogen-bond donors (Lipinski definition) is 2. The molecule has 3 rings (SSSR count). The van der Waals surface area contributed by atoms with Crippen LogP contribution in [-0.2, 0) is 0 Å². The second-order valence-corrected chi connectivity index (χ2v) is 6.09. The zero-order chi connectivity index (χ0) is 18.4. The van der Waals surface area contributed by atoms with Crippen molar-refractivity contribution in [2.45, 2.75) is 12.5 Å². The molecule has 1 aliphatic heterocycles. The van der Waals surface area contributed by atoms with Crippen LogP contribution in [0.1, 0.15) is 16.8 Å². The standard InChI is InChI=1S/C19H23N3O4/c1-22(10-11-23)18-7-6-14(12-21-18)19(24)20-9-8-15-13-25-16-4-2-3-5-17(16)26-15/h2-7,12,15,23H,8-11,13H2,1H3,(H,20,24)/t15-/m0/s1. The van der Waals surface area contributed by atoms with Gasteiger partial charge in [-0.25, -0.2) is 4.98 Å². The van der Waals surface area contributed by atoms with Crippen LogP contribution in [-0.4, -0.2) is 55.5 Å². The van der Waals surface area contributed by atoms with Crippen molar-refractivity contribution in [2.75, 3.05) is 38.3 Å². The predicted molar refractivity (Wildman–Crippen MR) is 97.9 cm³/mol. The summed E-state index contributed by atoms with van der Waals surface area (Å²) in [5.41, 5.74) is 0.498. The third kappa shape index (κ3) is 4.43. The van der Waals surface area contributed by atoms with E-state index in [9.17, 15) is 4.79 Å². The first kappa shape index (κ1) is 18.0. The first-order valence-electron chi connectivity index (χ1n) is 8.62. The van der Waals surface area contributed by atoms with Crippen molar-refractivity contribution in [3.8, 4) is 11.5 Å². The molecule has 1 amide bonds. The first-order chi connectivity index (χ1) is 12.7. The highest BCUT2D eigenvalue weighted by Gasteiger charge is 2.20. The molecule has 0 fully saturated rings. The second-order valence-electron chi connectivity index (χ2n) is 6.09. The number of aliphatic hydroxyl groups excluding tert-OH is 1. The molecule has 2 N–H and O–H groups in total. The monoisotopic (exact) mass is 357 g/mol. The minimum absolute atomic E-state index is 0.0534. The summed E-state index contributed by atoms with van der Waals surface area (Å²) in [6.45, 7) is 1.50. The van der Waals surface area contributed by atoms with Gasteiger partial charge >= 0.3 is 0 Å². The molecule has 0 spiro atoms. The van der Waals surface area contributed by atoms with Gasteiger partial charge in [-0.1, -0.05) is 12.1 Å². The normalized spacial score (nSPS) is 15.4. The number of aromatic nitrogens is 1. The highest BCUT2D eigenvalue weighted by atomic mass is 16.6. The quantitative estimate of drug-likeness (QED) is 0.781. The number of nitrogens with one attached hydrogen (secondary N) is 1. The molecule has 0 aliphatic carbocycles. The van der Waals surface area contributed by atoms with Crippen LogP contribution in [0.5, 0.6) is 11.5 Å². The number of hydrogen-bond acceptors (Lipinski definition) is 6. The molecule has 138 valence electrons. The summed E-state index contributed by atoms with van der Waals surface area (Å²) in [7, 11) is 1.84. The smallest absolute Gasteiger partial charge is 0.252 e. The molecule has 0 saturated heterocycles. The van der Waals surface area contributed by atoms with Crippen molar-refractivity contribution in [3.05, 3.63) is 48.2 Å². The number of carbonyl (C=O) groups is 1. The minimum atomic E-state index is -0.175. The number of para-hydroxylation sites is 2. The number of carbonyl (C=O) groups excluding carboxylic acids is 1. The van der Waals surface area contributed by atoms with E-state index in [0.717, 1.165) is 11.5 Å². The van der Waals surface area contributed by atoms with Gasteiger partial charge in [-0.05, 0) is 24.3 Å². The average molecular weight is 357 g/mol. The molecule has 1 aromatic carbocycles. The largest absolute Gasteiger partial charge is 0.486 e. The number of amides is 1. The van der Waals surface area contributed by atoms with E-state index in [1.165, 1.54) is 6.20 Å². The van der Waals surface area contributed by atoms with Crippen molar-refractivity contribution in [2.24, 2.45) is 0 Å². The molecule has 7 heteroatoms. The number of rotatable bonds is 7. The van der Waals surface area contributed by atoms with E-state index in [1.807, 2.05) is 36.2 Å². The zero-order valence-electron chi connectivity index (χ0n) is 14.7. The van der Waals surface area contributed by atoms with Gasteiger partial charge in [0.1, 0.15) is 18.5 Å². The fourth-order valence-corrected chi connectivity index (χ4v) is 2.66. The predicted octanol–water partition coefficient (Wildman–Crippen LogP) is 1.47. The molecule has 1 atom stereocenters. The summed E-state index contributed by atoms with van der Waals surface area (Å²) in [4.78, 5) is 18.3. The lowest BCUT2D eigenvalue weighted by Crippen LogP contribution is -2.34. The fraction of sp³-hybridized carbons (Fsp3) is 0.368. The van der Waals surface area contributed by atoms with Crippen LogP contribution in [0.3, 0.4) is 0 Å². The Morgan fingerprint density at radius 2 is 2.12 bits per heavy atom. The summed E-state index contributed by atoms with van der Waals surface area (Å²) < 4.78 is 11.5. The maximum Gasteiger partial charge on any atom is 0.252 e. The Bertz CT molecular complexity index is 736. The highest BCUT2D eigenvalue weighted by molar-refractivity contribution is 5.94. The third-order valence-corrected chi connectivity index (χ3v) is 4.16. The molecular weight excluding hydrogens is 334 g/mol. The van der Waals surface area contributed by atoms with Crippen LogP contribution >= 0.6 is 0 Å². The van der Waals surface area contributed by atoms with E-state index >= 15 is 0 Å². The number of likely N-dealkylation sites (N-methyl/N-ethyl adjacent to an activating group) is 1. The van der Waals surface area contributed by atoms with Crippen LogP contribution in [0.15, 0.2) is 42.6 Å². The number of anilines is 1. The van der Waals surface area contributed by atoms with Crippen LogP contribution in [0.25, 0.3) is 0 Å². The molecule has 26 heavy (non-hydrogen) atoms. The van der Waals surface area contributed by atoms with Crippen LogP contribution < -0.4 is 19.7 Å². The summed E-state index contributed by atoms with van der Waals surface area (Å²) in [5.74, 6) is 2.03. The van der Waals surface area contributed by atoms with Gasteiger partial charge in [0.05, 0.1) is 12.2 Å². The number of pyridine rings is 1. The van der Waals surface area contributed by atoms with E-state index in [0.29, 0.717) is 37.5 Å². The van der Waals surface area contributed by atoms with Gasteiger partial charge in [-0.2, -0.15) is 0 Å². The molecule has 0 bridgehead atoms. The van der Waals surface area contributed by atoms with Gasteiger partial charge in [-0.15, -0.1) is 0 Å². The molecule has 2 aromatic rings. The second kappa shape index (κ2) is 8.53. The molecule has 0 radical (unpaired) electrons.